The van der Waals surface area contributed by atoms with Gasteiger partial charge in [0.2, 0.25) is 0 Å². The normalized spacial score (nSPS) is 11.3. The first-order chi connectivity index (χ1) is 13.7. The van der Waals surface area contributed by atoms with E-state index in [-0.39, 0.29) is 16.7 Å². The molecular formula is C20H10BBr3O5. The van der Waals surface area contributed by atoms with Crippen LogP contribution in [0.3, 0.4) is 0 Å². The van der Waals surface area contributed by atoms with Crippen LogP contribution < -0.4 is 10.9 Å². The molecule has 0 fully saturated rings. The summed E-state index contributed by atoms with van der Waals surface area (Å²) in [5.41, 5.74) is 2.21. The number of hydrogen-bond acceptors (Lipinski definition) is 4. The second-order valence-corrected chi connectivity index (χ2v) is 8.92. The molecule has 1 aliphatic carbocycles. The molecule has 0 atom stereocenters. The number of carboxylic acids is 1. The minimum Gasteiger partial charge on any atom is -0.505 e. The van der Waals surface area contributed by atoms with E-state index in [1.165, 1.54) is 6.07 Å². The lowest BCUT2D eigenvalue weighted by Crippen LogP contribution is -2.28. The van der Waals surface area contributed by atoms with Crippen LogP contribution in [0.5, 0.6) is 5.75 Å². The van der Waals surface area contributed by atoms with Crippen LogP contribution in [-0.4, -0.2) is 24.0 Å². The Bertz CT molecular complexity index is 1360. The summed E-state index contributed by atoms with van der Waals surface area (Å²) in [4.78, 5) is 24.4. The molecular weight excluding hydrogens is 571 g/mol. The Morgan fingerprint density at radius 3 is 2.41 bits per heavy atom. The molecule has 0 aromatic heterocycles. The Kier molecular flexibility index (Phi) is 5.08. The van der Waals surface area contributed by atoms with Gasteiger partial charge >= 0.3 is 5.97 Å². The number of rotatable bonds is 2. The Labute approximate surface area is 190 Å². The molecule has 0 saturated carbocycles. The molecule has 2 N–H and O–H groups in total. The molecule has 4 rings (SSSR count). The van der Waals surface area contributed by atoms with Gasteiger partial charge in [0, 0.05) is 22.0 Å². The van der Waals surface area contributed by atoms with E-state index in [0.717, 1.165) is 0 Å². The number of aromatic hydroxyl groups is 1. The van der Waals surface area contributed by atoms with Crippen molar-refractivity contribution in [2.45, 2.75) is 0 Å². The summed E-state index contributed by atoms with van der Waals surface area (Å²) in [6, 6.07) is 9.93. The average Bonchev–Trinajstić information content (AvgIpc) is 2.69. The largest absolute Gasteiger partial charge is 0.505 e. The van der Waals surface area contributed by atoms with E-state index in [1.807, 2.05) is 0 Å². The maximum atomic E-state index is 12.5. The Morgan fingerprint density at radius 1 is 1.03 bits per heavy atom. The molecule has 2 aliphatic rings. The predicted molar refractivity (Wildman–Crippen MR) is 124 cm³/mol. The van der Waals surface area contributed by atoms with Crippen molar-refractivity contribution in [2.75, 3.05) is 0 Å². The van der Waals surface area contributed by atoms with Gasteiger partial charge in [0.1, 0.15) is 23.8 Å². The van der Waals surface area contributed by atoms with E-state index in [0.29, 0.717) is 52.3 Å². The molecule has 0 radical (unpaired) electrons. The zero-order chi connectivity index (χ0) is 21.0. The van der Waals surface area contributed by atoms with Gasteiger partial charge in [-0.25, -0.2) is 4.79 Å². The fraction of sp³-hybridized carbons (Fsp3) is 0. The van der Waals surface area contributed by atoms with E-state index in [1.54, 1.807) is 38.2 Å². The highest BCUT2D eigenvalue weighted by Crippen LogP contribution is 2.47. The molecule has 0 spiro atoms. The number of benzene rings is 3. The van der Waals surface area contributed by atoms with Crippen LogP contribution in [0.25, 0.3) is 33.4 Å². The van der Waals surface area contributed by atoms with Crippen molar-refractivity contribution in [3.63, 3.8) is 0 Å². The van der Waals surface area contributed by atoms with Gasteiger partial charge in [-0.15, -0.1) is 0 Å². The number of halogens is 3. The van der Waals surface area contributed by atoms with E-state index >= 15 is 0 Å². The van der Waals surface area contributed by atoms with Crippen LogP contribution in [-0.2, 0) is 0 Å². The number of fused-ring (bicyclic) bond motifs is 2. The van der Waals surface area contributed by atoms with Gasteiger partial charge < -0.3 is 14.6 Å². The zero-order valence-corrected chi connectivity index (χ0v) is 19.5. The van der Waals surface area contributed by atoms with E-state index in [4.69, 9.17) is 4.42 Å². The lowest BCUT2D eigenvalue weighted by Gasteiger charge is -2.19. The highest BCUT2D eigenvalue weighted by atomic mass is 79.9. The van der Waals surface area contributed by atoms with Crippen LogP contribution in [0.2, 0.25) is 0 Å². The number of hydrogen-bond donors (Lipinski definition) is 2. The van der Waals surface area contributed by atoms with Crippen molar-refractivity contribution in [1.82, 2.24) is 0 Å². The number of carboxylic acid groups (broad SMARTS) is 1. The van der Waals surface area contributed by atoms with E-state index in [2.05, 4.69) is 47.8 Å². The second-order valence-electron chi connectivity index (χ2n) is 6.41. The molecule has 144 valence electrons. The predicted octanol–water partition coefficient (Wildman–Crippen LogP) is 4.51. The number of phenols is 1. The summed E-state index contributed by atoms with van der Waals surface area (Å²) in [5.74, 6) is -0.811. The number of aromatic carboxylic acids is 1. The minimum absolute atomic E-state index is 0.0600. The summed E-state index contributed by atoms with van der Waals surface area (Å²) in [7, 11) is 1.64. The van der Waals surface area contributed by atoms with Crippen molar-refractivity contribution in [3.05, 3.63) is 65.6 Å². The molecule has 0 unspecified atom stereocenters. The van der Waals surface area contributed by atoms with Crippen molar-refractivity contribution >= 4 is 78.0 Å². The third-order valence-corrected chi connectivity index (χ3v) is 6.66. The van der Waals surface area contributed by atoms with Crippen LogP contribution in [0.15, 0.2) is 59.0 Å². The molecule has 5 nitrogen and oxygen atoms in total. The van der Waals surface area contributed by atoms with Gasteiger partial charge in [-0.1, -0.05) is 18.2 Å². The van der Waals surface area contributed by atoms with Crippen molar-refractivity contribution < 1.29 is 19.4 Å². The third-order valence-electron chi connectivity index (χ3n) is 4.73. The van der Waals surface area contributed by atoms with E-state index in [9.17, 15) is 19.8 Å². The molecule has 0 bridgehead atoms. The van der Waals surface area contributed by atoms with Crippen LogP contribution in [0.1, 0.15) is 10.4 Å². The smallest absolute Gasteiger partial charge is 0.336 e. The zero-order valence-electron chi connectivity index (χ0n) is 14.7. The quantitative estimate of drug-likeness (QED) is 0.269. The molecule has 9 heteroatoms. The van der Waals surface area contributed by atoms with Crippen molar-refractivity contribution in [2.24, 2.45) is 0 Å². The summed E-state index contributed by atoms with van der Waals surface area (Å²) < 4.78 is 7.11. The first kappa shape index (κ1) is 20.2. The van der Waals surface area contributed by atoms with Crippen LogP contribution >= 0.6 is 47.8 Å². The van der Waals surface area contributed by atoms with Crippen molar-refractivity contribution in [3.8, 4) is 28.2 Å². The SMILES string of the molecule is Bc1c2oc3c(Br)c(O)c(Br)cc3c(-c3ccccc3C(=O)O)c-2cc(Br)c1=O. The minimum atomic E-state index is -1.07. The Hall–Kier alpha value is -2.10. The summed E-state index contributed by atoms with van der Waals surface area (Å²) in [6.45, 7) is 0. The fourth-order valence-electron chi connectivity index (χ4n) is 3.36. The standard InChI is InChI=1S/C20H10BBr3O5/c21-14-16(25)11(22)5-9-13(7-3-1-2-4-8(7)20(27)28)10-6-12(23)17(26)15(24)19(10)29-18(9)14/h1-6,26H,21H2,(H,27,28). The van der Waals surface area contributed by atoms with Gasteiger partial charge in [-0.05, 0) is 71.6 Å². The maximum Gasteiger partial charge on any atom is 0.336 e. The Morgan fingerprint density at radius 2 is 1.72 bits per heavy atom. The number of phenolic OH excluding ortho intramolecular Hbond substituents is 1. The number of carbonyl (C=O) groups is 1. The summed E-state index contributed by atoms with van der Waals surface area (Å²) >= 11 is 9.98. The topological polar surface area (TPSA) is 87.7 Å². The van der Waals surface area contributed by atoms with Crippen LogP contribution in [0.4, 0.5) is 0 Å². The lowest BCUT2D eigenvalue weighted by molar-refractivity contribution is 0.0697. The second kappa shape index (κ2) is 7.30. The lowest BCUT2D eigenvalue weighted by atomic mass is 9.84. The third kappa shape index (κ3) is 3.12. The van der Waals surface area contributed by atoms with Gasteiger partial charge in [0.15, 0.2) is 11.0 Å². The van der Waals surface area contributed by atoms with Gasteiger partial charge in [-0.2, -0.15) is 0 Å². The summed E-state index contributed by atoms with van der Waals surface area (Å²) in [5, 5.41) is 20.6. The molecule has 2 aromatic rings. The molecule has 2 aromatic carbocycles. The van der Waals surface area contributed by atoms with Gasteiger partial charge in [0.05, 0.1) is 14.5 Å². The maximum absolute atomic E-state index is 12.5. The van der Waals surface area contributed by atoms with Crippen molar-refractivity contribution in [1.29, 1.82) is 0 Å². The molecule has 1 heterocycles. The highest BCUT2D eigenvalue weighted by molar-refractivity contribution is 9.11. The fourth-order valence-corrected chi connectivity index (χ4v) is 5.09. The van der Waals surface area contributed by atoms with E-state index < -0.39 is 5.97 Å². The average molecular weight is 581 g/mol. The molecule has 1 aliphatic heterocycles. The Balaban J connectivity index is 2.34. The highest BCUT2D eigenvalue weighted by Gasteiger charge is 2.26. The summed E-state index contributed by atoms with van der Waals surface area (Å²) in [6.07, 6.45) is 0. The molecule has 0 saturated heterocycles. The van der Waals surface area contributed by atoms with Gasteiger partial charge in [0.25, 0.3) is 0 Å². The molecule has 0 amide bonds. The molecule has 29 heavy (non-hydrogen) atoms. The first-order valence-corrected chi connectivity index (χ1v) is 10.7. The van der Waals surface area contributed by atoms with Gasteiger partial charge in [-0.3, -0.25) is 4.79 Å². The van der Waals surface area contributed by atoms with Crippen LogP contribution in [0, 0.1) is 0 Å². The monoisotopic (exact) mass is 578 g/mol. The first-order valence-electron chi connectivity index (χ1n) is 8.31.